The molecule has 2 aromatic rings. The molecule has 2 aliphatic heterocycles. The first-order valence-electron chi connectivity index (χ1n) is 10.9. The largest absolute Gasteiger partial charge is 0.497 e. The molecular formula is C24H29N3O5S. The minimum absolute atomic E-state index is 0.0310. The number of methoxy groups -OCH3 is 3. The van der Waals surface area contributed by atoms with E-state index in [-0.39, 0.29) is 16.8 Å². The van der Waals surface area contributed by atoms with Gasteiger partial charge in [0, 0.05) is 37.0 Å². The predicted octanol–water partition coefficient (Wildman–Crippen LogP) is 3.93. The highest BCUT2D eigenvalue weighted by Crippen LogP contribution is 2.44. The van der Waals surface area contributed by atoms with Crippen LogP contribution in [0.25, 0.3) is 0 Å². The Kier molecular flexibility index (Phi) is 6.88. The second-order valence-electron chi connectivity index (χ2n) is 7.96. The summed E-state index contributed by atoms with van der Waals surface area (Å²) in [6.45, 7) is 1.86. The molecule has 33 heavy (non-hydrogen) atoms. The predicted molar refractivity (Wildman–Crippen MR) is 129 cm³/mol. The van der Waals surface area contributed by atoms with E-state index in [1.54, 1.807) is 44.4 Å². The minimum Gasteiger partial charge on any atom is -0.497 e. The molecule has 2 aliphatic rings. The summed E-state index contributed by atoms with van der Waals surface area (Å²) in [7, 11) is 4.75. The molecule has 0 atom stereocenters. The molecule has 0 saturated carbocycles. The number of thioether (sulfide) groups is 1. The molecule has 8 nitrogen and oxygen atoms in total. The molecule has 2 heterocycles. The van der Waals surface area contributed by atoms with Crippen LogP contribution in [-0.4, -0.2) is 73.3 Å². The molecule has 0 bridgehead atoms. The fourth-order valence-electron chi connectivity index (χ4n) is 4.35. The average Bonchev–Trinajstić information content (AvgIpc) is 3.26. The number of carbonyl (C=O) groups is 2. The maximum absolute atomic E-state index is 13.3. The zero-order valence-corrected chi connectivity index (χ0v) is 19.9. The van der Waals surface area contributed by atoms with Gasteiger partial charge in [0.2, 0.25) is 0 Å². The van der Waals surface area contributed by atoms with E-state index in [2.05, 4.69) is 5.32 Å². The van der Waals surface area contributed by atoms with E-state index in [4.69, 9.17) is 14.2 Å². The van der Waals surface area contributed by atoms with Gasteiger partial charge in [0.1, 0.15) is 17.2 Å². The zero-order chi connectivity index (χ0) is 23.4. The molecule has 2 saturated heterocycles. The minimum atomic E-state index is -0.272. The number of rotatable bonds is 5. The third-order valence-electron chi connectivity index (χ3n) is 6.24. The maximum Gasteiger partial charge on any atom is 0.321 e. The highest BCUT2D eigenvalue weighted by Gasteiger charge is 2.47. The topological polar surface area (TPSA) is 80.3 Å². The van der Waals surface area contributed by atoms with Gasteiger partial charge in [-0.25, -0.2) is 4.79 Å². The molecule has 2 aromatic carbocycles. The fourth-order valence-corrected chi connectivity index (χ4v) is 5.81. The first-order chi connectivity index (χ1) is 16.0. The van der Waals surface area contributed by atoms with E-state index >= 15 is 0 Å². The van der Waals surface area contributed by atoms with Gasteiger partial charge in [0.15, 0.2) is 0 Å². The Morgan fingerprint density at radius 1 is 0.909 bits per heavy atom. The van der Waals surface area contributed by atoms with Crippen molar-refractivity contribution >= 4 is 29.4 Å². The van der Waals surface area contributed by atoms with Crippen LogP contribution in [0, 0.1) is 0 Å². The standard InChI is InChI=1S/C24H29N3O5S/c1-30-18-6-4-17(5-7-18)22(28)27-14-15-33-24(27)10-12-26(13-11-24)23(29)25-20-9-8-19(31-2)16-21(20)32-3/h4-9,16H,10-15H2,1-3H3,(H,25,29). The van der Waals surface area contributed by atoms with Gasteiger partial charge in [-0.2, -0.15) is 0 Å². The Bertz CT molecular complexity index is 1010. The van der Waals surface area contributed by atoms with Crippen LogP contribution in [0.2, 0.25) is 0 Å². The van der Waals surface area contributed by atoms with Crippen LogP contribution in [0.5, 0.6) is 17.2 Å². The highest BCUT2D eigenvalue weighted by molar-refractivity contribution is 8.00. The van der Waals surface area contributed by atoms with Crippen LogP contribution in [0.1, 0.15) is 23.2 Å². The van der Waals surface area contributed by atoms with Crippen molar-refractivity contribution in [2.45, 2.75) is 17.7 Å². The van der Waals surface area contributed by atoms with Crippen molar-refractivity contribution in [3.8, 4) is 17.2 Å². The van der Waals surface area contributed by atoms with Crippen molar-refractivity contribution in [3.63, 3.8) is 0 Å². The monoisotopic (exact) mass is 471 g/mol. The zero-order valence-electron chi connectivity index (χ0n) is 19.1. The number of amides is 3. The van der Waals surface area contributed by atoms with Crippen LogP contribution in [0.4, 0.5) is 10.5 Å². The highest BCUT2D eigenvalue weighted by atomic mass is 32.2. The maximum atomic E-state index is 13.3. The molecule has 9 heteroatoms. The van der Waals surface area contributed by atoms with Gasteiger partial charge in [0.05, 0.1) is 31.9 Å². The van der Waals surface area contributed by atoms with Crippen molar-refractivity contribution in [2.24, 2.45) is 0 Å². The summed E-state index contributed by atoms with van der Waals surface area (Å²) in [5, 5.41) is 2.94. The molecule has 0 aromatic heterocycles. The average molecular weight is 472 g/mol. The molecule has 3 amide bonds. The smallest absolute Gasteiger partial charge is 0.321 e. The molecule has 0 unspecified atom stereocenters. The van der Waals surface area contributed by atoms with Gasteiger partial charge in [-0.3, -0.25) is 4.79 Å². The molecule has 0 aliphatic carbocycles. The number of hydrogen-bond acceptors (Lipinski definition) is 6. The van der Waals surface area contributed by atoms with E-state index in [0.29, 0.717) is 42.4 Å². The Morgan fingerprint density at radius 3 is 2.21 bits per heavy atom. The molecule has 1 spiro atoms. The summed E-state index contributed by atoms with van der Waals surface area (Å²) in [6.07, 6.45) is 1.46. The number of urea groups is 1. The molecule has 4 rings (SSSR count). The first kappa shape index (κ1) is 23.1. The Labute approximate surface area is 198 Å². The van der Waals surface area contributed by atoms with Crippen molar-refractivity contribution in [2.75, 3.05) is 52.0 Å². The molecule has 0 radical (unpaired) electrons. The van der Waals surface area contributed by atoms with Crippen LogP contribution in [-0.2, 0) is 0 Å². The summed E-state index contributed by atoms with van der Waals surface area (Å²) in [5.41, 5.74) is 1.25. The Balaban J connectivity index is 1.40. The third kappa shape index (κ3) is 4.68. The number of carbonyl (C=O) groups excluding carboxylic acids is 2. The van der Waals surface area contributed by atoms with Gasteiger partial charge in [-0.15, -0.1) is 11.8 Å². The quantitative estimate of drug-likeness (QED) is 0.712. The second kappa shape index (κ2) is 9.82. The number of likely N-dealkylation sites (tertiary alicyclic amines) is 1. The van der Waals surface area contributed by atoms with E-state index in [1.165, 1.54) is 0 Å². The lowest BCUT2D eigenvalue weighted by Gasteiger charge is -2.44. The van der Waals surface area contributed by atoms with Crippen LogP contribution >= 0.6 is 11.8 Å². The number of nitrogens with one attached hydrogen (secondary N) is 1. The SMILES string of the molecule is COc1ccc(C(=O)N2CCSC23CCN(C(=O)Nc2ccc(OC)cc2OC)CC3)cc1. The number of nitrogens with zero attached hydrogens (tertiary/aromatic N) is 2. The second-order valence-corrected chi connectivity index (χ2v) is 9.42. The van der Waals surface area contributed by atoms with E-state index in [9.17, 15) is 9.59 Å². The summed E-state index contributed by atoms with van der Waals surface area (Å²) in [4.78, 5) is 29.7. The normalized spacial score (nSPS) is 17.1. The van der Waals surface area contributed by atoms with Crippen molar-refractivity contribution in [3.05, 3.63) is 48.0 Å². The van der Waals surface area contributed by atoms with Crippen molar-refractivity contribution < 1.29 is 23.8 Å². The van der Waals surface area contributed by atoms with Gasteiger partial charge < -0.3 is 29.3 Å². The van der Waals surface area contributed by atoms with Gasteiger partial charge >= 0.3 is 6.03 Å². The number of ether oxygens (including phenoxy) is 3. The van der Waals surface area contributed by atoms with Gasteiger partial charge in [-0.1, -0.05) is 0 Å². The summed E-state index contributed by atoms with van der Waals surface area (Å²) >= 11 is 1.82. The van der Waals surface area contributed by atoms with Gasteiger partial charge in [0.25, 0.3) is 5.91 Å². The molecule has 176 valence electrons. The van der Waals surface area contributed by atoms with E-state index in [0.717, 1.165) is 24.3 Å². The van der Waals surface area contributed by atoms with E-state index < -0.39 is 0 Å². The summed E-state index contributed by atoms with van der Waals surface area (Å²) in [5.74, 6) is 2.86. The third-order valence-corrected chi connectivity index (χ3v) is 7.79. The number of benzene rings is 2. The summed E-state index contributed by atoms with van der Waals surface area (Å²) in [6, 6.07) is 12.3. The first-order valence-corrected chi connectivity index (χ1v) is 11.9. The number of hydrogen-bond donors (Lipinski definition) is 1. The lowest BCUT2D eigenvalue weighted by atomic mass is 10.0. The molecular weight excluding hydrogens is 442 g/mol. The fraction of sp³-hybridized carbons (Fsp3) is 0.417. The lowest BCUT2D eigenvalue weighted by Crippen LogP contribution is -2.54. The number of piperidine rings is 1. The lowest BCUT2D eigenvalue weighted by molar-refractivity contribution is 0.0585. The van der Waals surface area contributed by atoms with Crippen molar-refractivity contribution in [1.82, 2.24) is 9.80 Å². The molecule has 2 fully saturated rings. The Morgan fingerprint density at radius 2 is 1.58 bits per heavy atom. The van der Waals surface area contributed by atoms with Crippen LogP contribution < -0.4 is 19.5 Å². The van der Waals surface area contributed by atoms with Crippen LogP contribution in [0.3, 0.4) is 0 Å². The van der Waals surface area contributed by atoms with Gasteiger partial charge in [-0.05, 0) is 49.2 Å². The summed E-state index contributed by atoms with van der Waals surface area (Å²) < 4.78 is 15.8. The van der Waals surface area contributed by atoms with E-state index in [1.807, 2.05) is 40.9 Å². The molecule has 1 N–H and O–H groups in total. The number of anilines is 1. The van der Waals surface area contributed by atoms with Crippen LogP contribution in [0.15, 0.2) is 42.5 Å². The van der Waals surface area contributed by atoms with Crippen molar-refractivity contribution in [1.29, 1.82) is 0 Å². The Hall–Kier alpha value is -3.07.